The standard InChI is InChI=1S/C30H40N2/c1-4-6-8-16-28-29(27-15-11-12-23(3)21-27)30(26-13-9-7-10-14-26)31-32(28)22-25-19-17-24(5-2)18-20-25/h7,9-15,21,24-25H,4-6,8,16-20,22H2,1-3H3. The highest BCUT2D eigenvalue weighted by atomic mass is 15.3. The molecule has 1 fully saturated rings. The third-order valence-electron chi connectivity index (χ3n) is 7.40. The summed E-state index contributed by atoms with van der Waals surface area (Å²) in [6.45, 7) is 7.91. The summed E-state index contributed by atoms with van der Waals surface area (Å²) in [4.78, 5) is 0. The molecule has 0 aliphatic heterocycles. The Morgan fingerprint density at radius 3 is 2.25 bits per heavy atom. The van der Waals surface area contributed by atoms with Crippen molar-refractivity contribution in [3.63, 3.8) is 0 Å². The first-order valence-corrected chi connectivity index (χ1v) is 12.9. The maximum atomic E-state index is 5.32. The molecule has 0 radical (unpaired) electrons. The Bertz CT molecular complexity index is 977. The maximum absolute atomic E-state index is 5.32. The van der Waals surface area contributed by atoms with Crippen molar-refractivity contribution in [2.24, 2.45) is 11.8 Å². The van der Waals surface area contributed by atoms with Crippen LogP contribution in [0.2, 0.25) is 0 Å². The van der Waals surface area contributed by atoms with Gasteiger partial charge in [-0.1, -0.05) is 106 Å². The van der Waals surface area contributed by atoms with Gasteiger partial charge >= 0.3 is 0 Å². The van der Waals surface area contributed by atoms with Crippen LogP contribution in [0.15, 0.2) is 54.6 Å². The fourth-order valence-corrected chi connectivity index (χ4v) is 5.41. The van der Waals surface area contributed by atoms with Gasteiger partial charge in [0, 0.05) is 23.4 Å². The SMILES string of the molecule is CCCCCc1c(-c2cccc(C)c2)c(-c2ccccc2)nn1CC1CCC(CC)CC1. The van der Waals surface area contributed by atoms with Gasteiger partial charge in [-0.2, -0.15) is 5.10 Å². The lowest BCUT2D eigenvalue weighted by Crippen LogP contribution is -2.20. The molecule has 170 valence electrons. The lowest BCUT2D eigenvalue weighted by molar-refractivity contribution is 0.240. The number of aryl methyl sites for hydroxylation is 1. The van der Waals surface area contributed by atoms with E-state index in [0.29, 0.717) is 0 Å². The summed E-state index contributed by atoms with van der Waals surface area (Å²) in [6, 6.07) is 19.8. The second-order valence-corrected chi connectivity index (χ2v) is 9.84. The van der Waals surface area contributed by atoms with Gasteiger partial charge in [-0.3, -0.25) is 4.68 Å². The van der Waals surface area contributed by atoms with Crippen molar-refractivity contribution >= 4 is 0 Å². The fourth-order valence-electron chi connectivity index (χ4n) is 5.41. The maximum Gasteiger partial charge on any atom is 0.100 e. The van der Waals surface area contributed by atoms with Gasteiger partial charge in [-0.05, 0) is 50.0 Å². The number of rotatable bonds is 9. The van der Waals surface area contributed by atoms with Crippen LogP contribution in [0.5, 0.6) is 0 Å². The van der Waals surface area contributed by atoms with Crippen molar-refractivity contribution in [2.75, 3.05) is 0 Å². The predicted molar refractivity (Wildman–Crippen MR) is 137 cm³/mol. The van der Waals surface area contributed by atoms with Gasteiger partial charge in [0.2, 0.25) is 0 Å². The third kappa shape index (κ3) is 5.34. The quantitative estimate of drug-likeness (QED) is 0.312. The first kappa shape index (κ1) is 22.8. The smallest absolute Gasteiger partial charge is 0.100 e. The lowest BCUT2D eigenvalue weighted by Gasteiger charge is -2.28. The molecule has 2 nitrogen and oxygen atoms in total. The van der Waals surface area contributed by atoms with Gasteiger partial charge in [-0.25, -0.2) is 0 Å². The zero-order valence-corrected chi connectivity index (χ0v) is 20.3. The van der Waals surface area contributed by atoms with Crippen molar-refractivity contribution in [1.82, 2.24) is 9.78 Å². The average molecular weight is 429 g/mol. The molecule has 1 saturated carbocycles. The number of hydrogen-bond donors (Lipinski definition) is 0. The average Bonchev–Trinajstić information content (AvgIpc) is 3.18. The Kier molecular flexibility index (Phi) is 7.84. The summed E-state index contributed by atoms with van der Waals surface area (Å²) in [5.41, 5.74) is 7.82. The minimum atomic E-state index is 0.761. The van der Waals surface area contributed by atoms with Crippen molar-refractivity contribution in [2.45, 2.75) is 85.1 Å². The Labute approximate surface area is 195 Å². The number of unbranched alkanes of at least 4 members (excludes halogenated alkanes) is 2. The van der Waals surface area contributed by atoms with Crippen LogP contribution in [-0.2, 0) is 13.0 Å². The van der Waals surface area contributed by atoms with E-state index < -0.39 is 0 Å². The Balaban J connectivity index is 1.76. The van der Waals surface area contributed by atoms with Crippen LogP contribution in [0.1, 0.15) is 76.5 Å². The molecule has 1 aliphatic carbocycles. The molecule has 1 heterocycles. The van der Waals surface area contributed by atoms with Crippen LogP contribution < -0.4 is 0 Å². The summed E-state index contributed by atoms with van der Waals surface area (Å²) in [5, 5.41) is 5.32. The summed E-state index contributed by atoms with van der Waals surface area (Å²) < 4.78 is 2.41. The minimum Gasteiger partial charge on any atom is -0.268 e. The van der Waals surface area contributed by atoms with E-state index in [4.69, 9.17) is 5.10 Å². The first-order chi connectivity index (χ1) is 15.7. The van der Waals surface area contributed by atoms with Crippen LogP contribution in [0.25, 0.3) is 22.4 Å². The second-order valence-electron chi connectivity index (χ2n) is 9.84. The number of nitrogens with zero attached hydrogens (tertiary/aromatic N) is 2. The third-order valence-corrected chi connectivity index (χ3v) is 7.40. The second kappa shape index (κ2) is 11.0. The number of hydrogen-bond acceptors (Lipinski definition) is 1. The normalized spacial score (nSPS) is 18.7. The van der Waals surface area contributed by atoms with Crippen molar-refractivity contribution in [3.8, 4) is 22.4 Å². The molecule has 4 rings (SSSR count). The molecule has 0 N–H and O–H groups in total. The molecule has 2 heteroatoms. The molecule has 0 spiro atoms. The molecular formula is C30H40N2. The molecule has 0 unspecified atom stereocenters. The molecule has 0 saturated heterocycles. The van der Waals surface area contributed by atoms with Crippen molar-refractivity contribution < 1.29 is 0 Å². The molecule has 0 bridgehead atoms. The summed E-state index contributed by atoms with van der Waals surface area (Å²) in [5.74, 6) is 1.70. The molecule has 3 aromatic rings. The van der Waals surface area contributed by atoms with Gasteiger partial charge in [-0.15, -0.1) is 0 Å². The fraction of sp³-hybridized carbons (Fsp3) is 0.500. The highest BCUT2D eigenvalue weighted by Gasteiger charge is 2.25. The number of benzene rings is 2. The molecule has 0 atom stereocenters. The zero-order chi connectivity index (χ0) is 22.3. The van der Waals surface area contributed by atoms with E-state index in [2.05, 4.69) is 80.1 Å². The number of aromatic nitrogens is 2. The van der Waals surface area contributed by atoms with E-state index in [1.807, 2.05) is 0 Å². The summed E-state index contributed by atoms with van der Waals surface area (Å²) >= 11 is 0. The Morgan fingerprint density at radius 2 is 1.56 bits per heavy atom. The van der Waals surface area contributed by atoms with E-state index in [1.165, 1.54) is 79.3 Å². The first-order valence-electron chi connectivity index (χ1n) is 12.9. The predicted octanol–water partition coefficient (Wildman–Crippen LogP) is 8.47. The van der Waals surface area contributed by atoms with E-state index in [0.717, 1.165) is 30.5 Å². The van der Waals surface area contributed by atoms with E-state index >= 15 is 0 Å². The van der Waals surface area contributed by atoms with Crippen LogP contribution in [0.4, 0.5) is 0 Å². The van der Waals surface area contributed by atoms with Gasteiger partial charge < -0.3 is 0 Å². The highest BCUT2D eigenvalue weighted by molar-refractivity contribution is 5.83. The van der Waals surface area contributed by atoms with Crippen LogP contribution >= 0.6 is 0 Å². The Morgan fingerprint density at radius 1 is 0.844 bits per heavy atom. The zero-order valence-electron chi connectivity index (χ0n) is 20.3. The van der Waals surface area contributed by atoms with Gasteiger partial charge in [0.25, 0.3) is 0 Å². The summed E-state index contributed by atoms with van der Waals surface area (Å²) in [6.07, 6.45) is 11.7. The molecule has 1 aliphatic rings. The minimum absolute atomic E-state index is 0.761. The van der Waals surface area contributed by atoms with E-state index in [9.17, 15) is 0 Å². The van der Waals surface area contributed by atoms with E-state index in [-0.39, 0.29) is 0 Å². The molecular weight excluding hydrogens is 388 g/mol. The van der Waals surface area contributed by atoms with Gasteiger partial charge in [0.05, 0.1) is 0 Å². The lowest BCUT2D eigenvalue weighted by atomic mass is 9.81. The van der Waals surface area contributed by atoms with Crippen LogP contribution in [0.3, 0.4) is 0 Å². The molecule has 1 aromatic heterocycles. The van der Waals surface area contributed by atoms with E-state index in [1.54, 1.807) is 0 Å². The highest BCUT2D eigenvalue weighted by Crippen LogP contribution is 2.38. The van der Waals surface area contributed by atoms with Crippen molar-refractivity contribution in [1.29, 1.82) is 0 Å². The monoisotopic (exact) mass is 428 g/mol. The summed E-state index contributed by atoms with van der Waals surface area (Å²) in [7, 11) is 0. The van der Waals surface area contributed by atoms with Crippen LogP contribution in [0, 0.1) is 18.8 Å². The van der Waals surface area contributed by atoms with Gasteiger partial charge in [0.15, 0.2) is 0 Å². The largest absolute Gasteiger partial charge is 0.268 e. The molecule has 0 amide bonds. The van der Waals surface area contributed by atoms with Crippen molar-refractivity contribution in [3.05, 3.63) is 65.9 Å². The topological polar surface area (TPSA) is 17.8 Å². The van der Waals surface area contributed by atoms with Gasteiger partial charge in [0.1, 0.15) is 5.69 Å². The molecule has 2 aromatic carbocycles. The Hall–Kier alpha value is -2.35. The van der Waals surface area contributed by atoms with Crippen LogP contribution in [-0.4, -0.2) is 9.78 Å². The molecule has 32 heavy (non-hydrogen) atoms.